The molecule has 0 saturated carbocycles. The van der Waals surface area contributed by atoms with E-state index in [1.54, 1.807) is 54.8 Å². The molecule has 12 rings (SSSR count). The van der Waals surface area contributed by atoms with Gasteiger partial charge in [-0.05, 0) is 167 Å². The quantitative estimate of drug-likeness (QED) is 0.0125. The minimum Gasteiger partial charge on any atom is -0.478 e. The Balaban J connectivity index is 0.000000193. The number of allylic oxidation sites excluding steroid dienone is 6. The molecule has 27 heteroatoms. The molecule has 0 saturated heterocycles. The van der Waals surface area contributed by atoms with Gasteiger partial charge < -0.3 is 99.9 Å². The number of aromatic carboxylic acids is 1. The van der Waals surface area contributed by atoms with E-state index in [1.807, 2.05) is 48.5 Å². The number of aryl methyl sites for hydroxylation is 6. The average Bonchev–Trinajstić information content (AvgIpc) is 1.57. The van der Waals surface area contributed by atoms with Crippen LogP contribution in [0, 0.1) is 112 Å². The summed E-state index contributed by atoms with van der Waals surface area (Å²) in [5, 5.41) is 12.3. The summed E-state index contributed by atoms with van der Waals surface area (Å²) in [7, 11) is 9.89. The van der Waals surface area contributed by atoms with Crippen molar-refractivity contribution in [3.05, 3.63) is 216 Å². The molecule has 0 bridgehead atoms. The van der Waals surface area contributed by atoms with Crippen LogP contribution in [0.4, 0.5) is 11.4 Å². The molecule has 0 radical (unpaired) electrons. The first-order valence-electron chi connectivity index (χ1n) is 41.2. The molecule has 1 amide bonds. The van der Waals surface area contributed by atoms with Crippen LogP contribution < -0.4 is 11.1 Å². The fourth-order valence-corrected chi connectivity index (χ4v) is 17.2. The molecule has 123 heavy (non-hydrogen) atoms. The van der Waals surface area contributed by atoms with Gasteiger partial charge in [0.1, 0.15) is 62.7 Å². The molecule has 6 aliphatic heterocycles. The topological polar surface area (TPSA) is 227 Å². The molecule has 23 nitrogen and oxygen atoms in total. The van der Waals surface area contributed by atoms with E-state index in [9.17, 15) is 14.7 Å². The van der Waals surface area contributed by atoms with Gasteiger partial charge in [-0.25, -0.2) is 4.79 Å². The summed E-state index contributed by atoms with van der Waals surface area (Å²) in [6.07, 6.45) is 0.656. The number of carbonyl (C=O) groups is 2. The first-order valence-corrected chi connectivity index (χ1v) is 41.7. The number of nitrogens with one attached hydrogen (secondary N) is 1. The smallest absolute Gasteiger partial charge is 0.478 e. The van der Waals surface area contributed by atoms with Crippen molar-refractivity contribution in [2.75, 3.05) is 179 Å². The summed E-state index contributed by atoms with van der Waals surface area (Å²) < 4.78 is 78.7. The number of benzene rings is 3. The van der Waals surface area contributed by atoms with Crippen LogP contribution in [-0.2, 0) is 61.6 Å². The Kier molecular flexibility index (Phi) is 34.0. The first kappa shape index (κ1) is 94.3. The van der Waals surface area contributed by atoms with Crippen molar-refractivity contribution in [2.24, 2.45) is 0 Å². The van der Waals surface area contributed by atoms with Gasteiger partial charge in [0.2, 0.25) is 5.91 Å². The normalized spacial score (nSPS) is 15.0. The molecular formula is C96H114B3ClN8O15. The number of nitrogens with zero attached hydrogens (tertiary/aromatic N) is 6. The zero-order valence-corrected chi connectivity index (χ0v) is 75.1. The number of amides is 1. The van der Waals surface area contributed by atoms with Crippen LogP contribution in [0.15, 0.2) is 143 Å². The van der Waals surface area contributed by atoms with Gasteiger partial charge in [0, 0.05) is 127 Å². The number of carboxylic acids is 1. The lowest BCUT2D eigenvalue weighted by molar-refractivity contribution is -0.330. The van der Waals surface area contributed by atoms with Crippen molar-refractivity contribution in [1.82, 2.24) is 13.4 Å². The number of nitrogens with two attached hydrogens (primary N) is 1. The van der Waals surface area contributed by atoms with E-state index in [0.717, 1.165) is 130 Å². The van der Waals surface area contributed by atoms with Gasteiger partial charge >= 0.3 is 25.2 Å². The van der Waals surface area contributed by atoms with Crippen molar-refractivity contribution in [1.29, 1.82) is 0 Å². The van der Waals surface area contributed by atoms with Crippen LogP contribution in [0.1, 0.15) is 119 Å². The van der Waals surface area contributed by atoms with Crippen LogP contribution in [-0.4, -0.2) is 248 Å². The summed E-state index contributed by atoms with van der Waals surface area (Å²) in [5.41, 5.74) is 33.6. The molecular weight excluding hydrogens is 1570 g/mol. The molecule has 9 heterocycles. The lowest BCUT2D eigenvalue weighted by Gasteiger charge is -2.39. The van der Waals surface area contributed by atoms with Gasteiger partial charge in [-0.3, -0.25) is 4.79 Å². The number of methoxy groups -OCH3 is 6. The SMILES string of the molecule is COCCOCC#C[B-]1(C#CCOCCOC)n2c(C)cc(C)c2C(c2ccc(C(=O)O)cc2)=C2C(C)=CC(C)=[N+]21.COCCOCC#C[B-]1(C#CCOCCOC)n2c(C)cc(C)c2C(c2ccc(N)cc2)=C2C(C)=CC(C)=[N+]21.COCCOCC#C[B-]1(C#CCOCCOC)n2c(C)cc(C)c2C(c2ccc(NC(=O)CCl)cc2)=C2C(C)=CC(C)=[N+]21. The van der Waals surface area contributed by atoms with E-state index >= 15 is 0 Å². The second kappa shape index (κ2) is 44.4. The molecule has 6 aliphatic rings. The first-order chi connectivity index (χ1) is 59.4. The van der Waals surface area contributed by atoms with Gasteiger partial charge in [0.25, 0.3) is 0 Å². The highest BCUT2D eigenvalue weighted by atomic mass is 35.5. The summed E-state index contributed by atoms with van der Waals surface area (Å²) >= 11 is 5.70. The van der Waals surface area contributed by atoms with Gasteiger partial charge in [0.05, 0.1) is 102 Å². The standard InChI is InChI=1S/C33H39BClN3O5.C32H37BN2O6.C31H38BN3O4/c1-24-21-26(3)37-32(24)31(28-9-11-29(12-10-28)36-30(39)23-35)33-25(2)22-27(4)38(33)34(37,13-7-15-42-19-17-40-5)14-8-16-43-20-18-41-6;1-23-21-25(3)34-30(23)29(27-9-11-28(12-10-27)32(36)37)31-24(2)22-26(4)35(31)33(34,13-7-15-40-19-17-38-5)14-8-16-41-20-18-39-6;1-23-21-25(3)34-30(23)29(27-9-11-28(33)12-10-27)31-24(2)22-26(4)35(31)32(34,13-7-15-38-19-17-36-5)14-8-16-39-20-18-37-6/h9-12,21-22H,15-20,23H2,1-6H3,(H,36,39);9-12,21-22H,15-20H2,1-6H3,(H,36,37);9-12,21-22H,15-20,33H2,1-6H3. The molecule has 4 N–H and O–H groups in total. The fraction of sp³-hybridized carbons (Fsp3) is 0.385. The highest BCUT2D eigenvalue weighted by molar-refractivity contribution is 6.88. The van der Waals surface area contributed by atoms with Gasteiger partial charge in [-0.1, -0.05) is 36.4 Å². The number of halogens is 1. The number of carbonyl (C=O) groups excluding carboxylic acids is 1. The van der Waals surface area contributed by atoms with Crippen molar-refractivity contribution in [2.45, 2.75) is 83.1 Å². The molecule has 0 spiro atoms. The summed E-state index contributed by atoms with van der Waals surface area (Å²) in [6, 6.07) is 29.6. The minimum absolute atomic E-state index is 0.0990. The minimum atomic E-state index is -2.00. The zero-order chi connectivity index (χ0) is 88.5. The molecule has 0 aliphatic carbocycles. The Hall–Kier alpha value is -10.9. The predicted molar refractivity (Wildman–Crippen MR) is 490 cm³/mol. The van der Waals surface area contributed by atoms with E-state index in [4.69, 9.17) is 74.2 Å². The van der Waals surface area contributed by atoms with Crippen molar-refractivity contribution >= 4 is 88.0 Å². The Morgan fingerprint density at radius 2 is 0.642 bits per heavy atom. The van der Waals surface area contributed by atoms with Crippen LogP contribution in [0.2, 0.25) is 0 Å². The summed E-state index contributed by atoms with van der Waals surface area (Å²) in [4.78, 5) is 23.4. The molecule has 6 aromatic rings. The lowest BCUT2D eigenvalue weighted by atomic mass is 9.45. The third kappa shape index (κ3) is 21.0. The number of aromatic nitrogens is 3. The number of hydrogen-bond donors (Lipinski definition) is 3. The third-order valence-corrected chi connectivity index (χ3v) is 22.1. The fourth-order valence-electron chi connectivity index (χ4n) is 17.1. The number of nitrogen functional groups attached to an aromatic ring is 1. The summed E-state index contributed by atoms with van der Waals surface area (Å²) in [5.74, 6) is 39.9. The Bertz CT molecular complexity index is 5580. The van der Waals surface area contributed by atoms with E-state index in [-0.39, 0.29) is 57.0 Å². The van der Waals surface area contributed by atoms with E-state index in [0.29, 0.717) is 85.0 Å². The second-order valence-electron chi connectivity index (χ2n) is 30.5. The predicted octanol–water partition coefficient (Wildman–Crippen LogP) is 11.5. The maximum absolute atomic E-state index is 11.9. The molecule has 3 aromatic heterocycles. The zero-order valence-electron chi connectivity index (χ0n) is 74.4. The van der Waals surface area contributed by atoms with Crippen LogP contribution in [0.5, 0.6) is 0 Å². The maximum atomic E-state index is 11.9. The van der Waals surface area contributed by atoms with Gasteiger partial charge in [-0.2, -0.15) is 34.9 Å². The largest absolute Gasteiger partial charge is 0.520 e. The summed E-state index contributed by atoms with van der Waals surface area (Å²) in [6.45, 7) is 32.7. The van der Waals surface area contributed by atoms with Crippen LogP contribution >= 0.6 is 11.6 Å². The molecule has 0 fully saturated rings. The van der Waals surface area contributed by atoms with Crippen LogP contribution in [0.3, 0.4) is 0 Å². The number of fused-ring (bicyclic) bond motifs is 6. The number of ether oxygens (including phenoxy) is 12. The van der Waals surface area contributed by atoms with E-state index in [2.05, 4.69) is 234 Å². The maximum Gasteiger partial charge on any atom is 0.520 e. The Morgan fingerprint density at radius 3 is 0.886 bits per heavy atom. The van der Waals surface area contributed by atoms with E-state index < -0.39 is 25.2 Å². The lowest BCUT2D eigenvalue weighted by Crippen LogP contribution is -2.57. The van der Waals surface area contributed by atoms with Crippen molar-refractivity contribution in [3.8, 4) is 70.4 Å². The number of carboxylic acid groups (broad SMARTS) is 1. The third-order valence-electron chi connectivity index (χ3n) is 21.8. The van der Waals surface area contributed by atoms with Crippen molar-refractivity contribution in [3.63, 3.8) is 0 Å². The Morgan fingerprint density at radius 1 is 0.390 bits per heavy atom. The highest BCUT2D eigenvalue weighted by Crippen LogP contribution is 2.47. The van der Waals surface area contributed by atoms with Crippen molar-refractivity contribution < 1.29 is 85.0 Å². The van der Waals surface area contributed by atoms with E-state index in [1.165, 1.54) is 11.1 Å². The van der Waals surface area contributed by atoms with Crippen LogP contribution in [0.25, 0.3) is 16.7 Å². The average molecular weight is 1690 g/mol. The molecule has 0 atom stereocenters. The molecule has 644 valence electrons. The monoisotopic (exact) mass is 1690 g/mol. The molecule has 0 unspecified atom stereocenters. The number of anilines is 2. The molecule has 3 aromatic carbocycles. The van der Waals surface area contributed by atoms with Gasteiger partial charge in [0.15, 0.2) is 17.1 Å². The number of rotatable bonds is 30. The number of alkyl halides is 1. The highest BCUT2D eigenvalue weighted by Gasteiger charge is 2.54. The second-order valence-corrected chi connectivity index (χ2v) is 30.8. The number of hydrogen-bond acceptors (Lipinski definition) is 15. The Labute approximate surface area is 730 Å². The van der Waals surface area contributed by atoms with Gasteiger partial charge in [-0.15, -0.1) is 47.1 Å².